The molecule has 0 spiro atoms. The quantitative estimate of drug-likeness (QED) is 0.519. The molecule has 0 unspecified atom stereocenters. The predicted octanol–water partition coefficient (Wildman–Crippen LogP) is 4.90. The van der Waals surface area contributed by atoms with E-state index in [-0.39, 0.29) is 0 Å². The Hall–Kier alpha value is -1.78. The van der Waals surface area contributed by atoms with Crippen molar-refractivity contribution in [2.75, 3.05) is 11.5 Å². The smallest absolute Gasteiger partial charge is 0.136 e. The van der Waals surface area contributed by atoms with Crippen molar-refractivity contribution in [2.45, 2.75) is 33.1 Å². The lowest BCUT2D eigenvalue weighted by Gasteiger charge is -2.10. The van der Waals surface area contributed by atoms with Gasteiger partial charge in [-0.25, -0.2) is 4.98 Å². The molecule has 1 heterocycles. The molecule has 0 aliphatic carbocycles. The number of imidazole rings is 1. The van der Waals surface area contributed by atoms with E-state index in [9.17, 15) is 0 Å². The first kappa shape index (κ1) is 17.1. The summed E-state index contributed by atoms with van der Waals surface area (Å²) in [5.74, 6) is 3.39. The number of hydrogen-bond acceptors (Lipinski definition) is 3. The van der Waals surface area contributed by atoms with Gasteiger partial charge in [-0.3, -0.25) is 0 Å². The number of aryl methyl sites for hydroxylation is 1. The minimum Gasteiger partial charge on any atom is -0.369 e. The molecule has 0 bridgehead atoms. The number of benzene rings is 2. The zero-order valence-corrected chi connectivity index (χ0v) is 15.0. The second-order valence-electron chi connectivity index (χ2n) is 5.70. The summed E-state index contributed by atoms with van der Waals surface area (Å²) in [6.45, 7) is 4.37. The molecule has 2 aromatic carbocycles. The molecule has 0 saturated heterocycles. The lowest BCUT2D eigenvalue weighted by molar-refractivity contribution is 0.0996. The minimum absolute atomic E-state index is 0.546. The summed E-state index contributed by atoms with van der Waals surface area (Å²) in [4.78, 5) is 4.77. The van der Waals surface area contributed by atoms with Gasteiger partial charge < -0.3 is 9.30 Å². The van der Waals surface area contributed by atoms with Gasteiger partial charge in [0, 0.05) is 6.54 Å². The van der Waals surface area contributed by atoms with E-state index < -0.39 is 0 Å². The lowest BCUT2D eigenvalue weighted by Crippen LogP contribution is -2.07. The largest absolute Gasteiger partial charge is 0.369 e. The fourth-order valence-electron chi connectivity index (χ4n) is 2.79. The lowest BCUT2D eigenvalue weighted by atomic mass is 10.2. The van der Waals surface area contributed by atoms with Gasteiger partial charge in [0.15, 0.2) is 0 Å². The van der Waals surface area contributed by atoms with Crippen LogP contribution in [-0.4, -0.2) is 21.1 Å². The molecule has 0 radical (unpaired) electrons. The molecular weight excluding hydrogens is 316 g/mol. The summed E-state index contributed by atoms with van der Waals surface area (Å²) in [6.07, 6.45) is 1.16. The second kappa shape index (κ2) is 8.90. The van der Waals surface area contributed by atoms with E-state index in [0.29, 0.717) is 13.2 Å². The van der Waals surface area contributed by atoms with Crippen LogP contribution in [0.1, 0.15) is 24.7 Å². The van der Waals surface area contributed by atoms with Crippen molar-refractivity contribution in [3.63, 3.8) is 0 Å². The van der Waals surface area contributed by atoms with Crippen molar-refractivity contribution in [3.05, 3.63) is 66.0 Å². The third-order valence-corrected chi connectivity index (χ3v) is 4.94. The minimum atomic E-state index is 0.546. The van der Waals surface area contributed by atoms with E-state index in [2.05, 4.69) is 41.8 Å². The number of aromatic nitrogens is 2. The van der Waals surface area contributed by atoms with Crippen LogP contribution in [-0.2, 0) is 24.5 Å². The highest BCUT2D eigenvalue weighted by molar-refractivity contribution is 7.99. The molecule has 4 heteroatoms. The molecule has 0 aliphatic heterocycles. The first-order valence-electron chi connectivity index (χ1n) is 8.52. The number of para-hydroxylation sites is 2. The van der Waals surface area contributed by atoms with Gasteiger partial charge in [-0.2, -0.15) is 11.8 Å². The zero-order valence-electron chi connectivity index (χ0n) is 14.1. The molecule has 1 aromatic heterocycles. The zero-order chi connectivity index (χ0) is 16.6. The van der Waals surface area contributed by atoms with Crippen molar-refractivity contribution in [2.24, 2.45) is 0 Å². The van der Waals surface area contributed by atoms with Crippen LogP contribution in [0.3, 0.4) is 0 Å². The Bertz CT molecular complexity index is 755. The maximum Gasteiger partial charge on any atom is 0.136 e. The Morgan fingerprint density at radius 2 is 1.79 bits per heavy atom. The van der Waals surface area contributed by atoms with E-state index in [4.69, 9.17) is 9.72 Å². The van der Waals surface area contributed by atoms with Gasteiger partial charge in [-0.1, -0.05) is 49.4 Å². The summed E-state index contributed by atoms with van der Waals surface area (Å²) in [6, 6.07) is 18.6. The van der Waals surface area contributed by atoms with E-state index in [1.165, 1.54) is 22.6 Å². The number of thioether (sulfide) groups is 1. The highest BCUT2D eigenvalue weighted by Crippen LogP contribution is 2.18. The predicted molar refractivity (Wildman–Crippen MR) is 102 cm³/mol. The molecular formula is C20H24N2OS. The third kappa shape index (κ3) is 4.40. The Balaban J connectivity index is 1.68. The van der Waals surface area contributed by atoms with Gasteiger partial charge in [0.2, 0.25) is 0 Å². The monoisotopic (exact) mass is 340 g/mol. The van der Waals surface area contributed by atoms with Gasteiger partial charge in [0.1, 0.15) is 12.4 Å². The van der Waals surface area contributed by atoms with Crippen LogP contribution in [0.5, 0.6) is 0 Å². The van der Waals surface area contributed by atoms with Crippen LogP contribution < -0.4 is 0 Å². The summed E-state index contributed by atoms with van der Waals surface area (Å²) >= 11 is 1.99. The summed E-state index contributed by atoms with van der Waals surface area (Å²) in [5, 5.41) is 0. The van der Waals surface area contributed by atoms with Crippen LogP contribution in [0.15, 0.2) is 54.6 Å². The van der Waals surface area contributed by atoms with Gasteiger partial charge in [-0.15, -0.1) is 0 Å². The number of hydrogen-bond donors (Lipinski definition) is 0. The van der Waals surface area contributed by atoms with Crippen molar-refractivity contribution < 1.29 is 4.74 Å². The average Bonchev–Trinajstić information content (AvgIpc) is 2.97. The third-order valence-electron chi connectivity index (χ3n) is 3.95. The SMILES string of the molecule is CCSCCCn1c(COCc2ccccc2)nc2ccccc21. The van der Waals surface area contributed by atoms with Crippen molar-refractivity contribution in [1.82, 2.24) is 9.55 Å². The van der Waals surface area contributed by atoms with Crippen molar-refractivity contribution in [3.8, 4) is 0 Å². The van der Waals surface area contributed by atoms with E-state index in [1.54, 1.807) is 0 Å². The highest BCUT2D eigenvalue weighted by Gasteiger charge is 2.10. The topological polar surface area (TPSA) is 27.1 Å². The number of nitrogens with zero attached hydrogens (tertiary/aromatic N) is 2. The highest BCUT2D eigenvalue weighted by atomic mass is 32.2. The van der Waals surface area contributed by atoms with Crippen LogP contribution >= 0.6 is 11.8 Å². The molecule has 3 nitrogen and oxygen atoms in total. The van der Waals surface area contributed by atoms with E-state index >= 15 is 0 Å². The first-order valence-corrected chi connectivity index (χ1v) is 9.67. The van der Waals surface area contributed by atoms with E-state index in [1.807, 2.05) is 36.0 Å². The normalized spacial score (nSPS) is 11.2. The second-order valence-corrected chi connectivity index (χ2v) is 7.09. The van der Waals surface area contributed by atoms with Gasteiger partial charge in [0.05, 0.1) is 17.6 Å². The number of ether oxygens (including phenoxy) is 1. The Morgan fingerprint density at radius 3 is 2.62 bits per heavy atom. The molecule has 24 heavy (non-hydrogen) atoms. The maximum absolute atomic E-state index is 5.91. The molecule has 3 rings (SSSR count). The summed E-state index contributed by atoms with van der Waals surface area (Å²) in [5.41, 5.74) is 3.45. The van der Waals surface area contributed by atoms with Gasteiger partial charge >= 0.3 is 0 Å². The van der Waals surface area contributed by atoms with Crippen molar-refractivity contribution >= 4 is 22.8 Å². The van der Waals surface area contributed by atoms with Gasteiger partial charge in [0.25, 0.3) is 0 Å². The summed E-state index contributed by atoms with van der Waals surface area (Å²) < 4.78 is 8.23. The van der Waals surface area contributed by atoms with E-state index in [0.717, 1.165) is 24.3 Å². The molecule has 0 atom stereocenters. The van der Waals surface area contributed by atoms with Crippen LogP contribution in [0.2, 0.25) is 0 Å². The van der Waals surface area contributed by atoms with Crippen molar-refractivity contribution in [1.29, 1.82) is 0 Å². The molecule has 126 valence electrons. The van der Waals surface area contributed by atoms with Crippen LogP contribution in [0.25, 0.3) is 11.0 Å². The molecule has 3 aromatic rings. The van der Waals surface area contributed by atoms with Gasteiger partial charge in [-0.05, 0) is 35.6 Å². The molecule has 0 saturated carbocycles. The summed E-state index contributed by atoms with van der Waals surface area (Å²) in [7, 11) is 0. The average molecular weight is 340 g/mol. The fraction of sp³-hybridized carbons (Fsp3) is 0.350. The molecule has 0 aliphatic rings. The Labute approximate surface area is 148 Å². The van der Waals surface area contributed by atoms with Crippen LogP contribution in [0, 0.1) is 0 Å². The molecule has 0 N–H and O–H groups in total. The standard InChI is InChI=1S/C20H24N2OS/c1-2-24-14-8-13-22-19-12-7-6-11-18(19)21-20(22)16-23-15-17-9-4-3-5-10-17/h3-7,9-12H,2,8,13-16H2,1H3. The number of fused-ring (bicyclic) bond motifs is 1. The number of rotatable bonds is 9. The maximum atomic E-state index is 5.91. The molecule has 0 fully saturated rings. The Kier molecular flexibility index (Phi) is 6.33. The first-order chi connectivity index (χ1) is 11.9. The fourth-order valence-corrected chi connectivity index (χ4v) is 3.41. The molecule has 0 amide bonds. The Morgan fingerprint density at radius 1 is 1.00 bits per heavy atom. The van der Waals surface area contributed by atoms with Crippen LogP contribution in [0.4, 0.5) is 0 Å².